The van der Waals surface area contributed by atoms with Gasteiger partial charge in [0.05, 0.1) is 0 Å². The topological polar surface area (TPSA) is 87.5 Å². The Kier molecular flexibility index (Phi) is 5.70. The minimum absolute atomic E-state index is 0.00440. The minimum atomic E-state index is -0.188. The Labute approximate surface area is 152 Å². The summed E-state index contributed by atoms with van der Waals surface area (Å²) in [6.07, 6.45) is 8.22. The molecular weight excluding hydrogens is 334 g/mol. The van der Waals surface area contributed by atoms with Gasteiger partial charge in [-0.3, -0.25) is 14.4 Å². The minimum Gasteiger partial charge on any atom is -0.354 e. The second-order valence-corrected chi connectivity index (χ2v) is 6.67. The number of nitrogens with zero attached hydrogens (tertiary/aromatic N) is 4. The van der Waals surface area contributed by atoms with E-state index < -0.39 is 0 Å². The molecule has 0 aromatic carbocycles. The van der Waals surface area contributed by atoms with E-state index in [1.807, 2.05) is 11.0 Å². The summed E-state index contributed by atoms with van der Waals surface area (Å²) in [5.74, 6) is 0.265. The van der Waals surface area contributed by atoms with Crippen molar-refractivity contribution in [2.45, 2.75) is 25.7 Å². The lowest BCUT2D eigenvalue weighted by Gasteiger charge is -2.30. The van der Waals surface area contributed by atoms with Crippen molar-refractivity contribution in [3.05, 3.63) is 34.4 Å². The van der Waals surface area contributed by atoms with Gasteiger partial charge >= 0.3 is 0 Å². The van der Waals surface area contributed by atoms with Crippen molar-refractivity contribution in [3.8, 4) is 0 Å². The number of anilines is 1. The molecule has 1 aromatic heterocycles. The Balaban J connectivity index is 1.80. The normalized spacial score (nSPS) is 19.1. The number of allylic oxidation sites excluding steroid dienone is 1. The van der Waals surface area contributed by atoms with E-state index in [2.05, 4.69) is 10.3 Å². The SMILES string of the molecule is Cn1ccnc(N2CCNC(=O)CCN(C(=O)C3=CCCC3)CC2)c1=O. The van der Waals surface area contributed by atoms with E-state index in [1.54, 1.807) is 24.3 Å². The van der Waals surface area contributed by atoms with Gasteiger partial charge < -0.3 is 19.7 Å². The third kappa shape index (κ3) is 4.12. The number of hydrogen-bond donors (Lipinski definition) is 1. The Morgan fingerprint density at radius 1 is 1.15 bits per heavy atom. The molecule has 8 heteroatoms. The molecule has 140 valence electrons. The number of nitrogens with one attached hydrogen (secondary N) is 1. The first-order chi connectivity index (χ1) is 12.6. The third-order valence-corrected chi connectivity index (χ3v) is 4.85. The first-order valence-corrected chi connectivity index (χ1v) is 9.08. The number of carbonyl (C=O) groups is 2. The highest BCUT2D eigenvalue weighted by Gasteiger charge is 2.23. The molecule has 0 saturated carbocycles. The molecule has 1 saturated heterocycles. The molecule has 1 N–H and O–H groups in total. The molecule has 3 rings (SSSR count). The van der Waals surface area contributed by atoms with Crippen LogP contribution in [-0.4, -0.2) is 59.0 Å². The lowest BCUT2D eigenvalue weighted by Crippen LogP contribution is -2.47. The van der Waals surface area contributed by atoms with Crippen molar-refractivity contribution < 1.29 is 9.59 Å². The molecular formula is C18H25N5O3. The lowest BCUT2D eigenvalue weighted by molar-refractivity contribution is -0.128. The Morgan fingerprint density at radius 2 is 2.00 bits per heavy atom. The summed E-state index contributed by atoms with van der Waals surface area (Å²) < 4.78 is 1.48. The first-order valence-electron chi connectivity index (χ1n) is 9.08. The number of amides is 2. The van der Waals surface area contributed by atoms with Crippen LogP contribution >= 0.6 is 0 Å². The molecule has 0 unspecified atom stereocenters. The second kappa shape index (κ2) is 8.16. The van der Waals surface area contributed by atoms with Crippen LogP contribution in [0.4, 0.5) is 5.82 Å². The van der Waals surface area contributed by atoms with Crippen molar-refractivity contribution in [1.29, 1.82) is 0 Å². The number of carbonyl (C=O) groups excluding carboxylic acids is 2. The van der Waals surface area contributed by atoms with Crippen molar-refractivity contribution in [1.82, 2.24) is 19.8 Å². The van der Waals surface area contributed by atoms with Gasteiger partial charge in [0.2, 0.25) is 11.8 Å². The quantitative estimate of drug-likeness (QED) is 0.806. The zero-order valence-electron chi connectivity index (χ0n) is 15.1. The van der Waals surface area contributed by atoms with Gasteiger partial charge in [-0.1, -0.05) is 6.08 Å². The number of aromatic nitrogens is 2. The summed E-state index contributed by atoms with van der Waals surface area (Å²) in [5.41, 5.74) is 0.648. The molecule has 2 heterocycles. The molecule has 1 aliphatic heterocycles. The van der Waals surface area contributed by atoms with E-state index in [1.165, 1.54) is 4.57 Å². The van der Waals surface area contributed by atoms with Crippen molar-refractivity contribution in [3.63, 3.8) is 0 Å². The third-order valence-electron chi connectivity index (χ3n) is 4.85. The molecule has 8 nitrogen and oxygen atoms in total. The molecule has 0 bridgehead atoms. The van der Waals surface area contributed by atoms with Gasteiger partial charge in [0.15, 0.2) is 5.82 Å². The van der Waals surface area contributed by atoms with E-state index in [0.717, 1.165) is 24.8 Å². The predicted octanol–water partition coefficient (Wildman–Crippen LogP) is 0.0455. The fourth-order valence-corrected chi connectivity index (χ4v) is 3.30. The monoisotopic (exact) mass is 359 g/mol. The molecule has 1 fully saturated rings. The Morgan fingerprint density at radius 3 is 2.77 bits per heavy atom. The highest BCUT2D eigenvalue weighted by Crippen LogP contribution is 2.20. The summed E-state index contributed by atoms with van der Waals surface area (Å²) in [7, 11) is 1.68. The van der Waals surface area contributed by atoms with Gasteiger partial charge in [-0.2, -0.15) is 0 Å². The van der Waals surface area contributed by atoms with Gasteiger partial charge in [-0.05, 0) is 19.3 Å². The zero-order chi connectivity index (χ0) is 18.5. The Hall–Kier alpha value is -2.64. The molecule has 1 aliphatic carbocycles. The maximum absolute atomic E-state index is 12.8. The van der Waals surface area contributed by atoms with Crippen LogP contribution < -0.4 is 15.8 Å². The molecule has 26 heavy (non-hydrogen) atoms. The van der Waals surface area contributed by atoms with E-state index in [9.17, 15) is 14.4 Å². The van der Waals surface area contributed by atoms with Crippen LogP contribution in [0, 0.1) is 0 Å². The van der Waals surface area contributed by atoms with Crippen LogP contribution in [-0.2, 0) is 16.6 Å². The fraction of sp³-hybridized carbons (Fsp3) is 0.556. The van der Waals surface area contributed by atoms with Gasteiger partial charge in [0.25, 0.3) is 5.56 Å². The maximum atomic E-state index is 12.8. The largest absolute Gasteiger partial charge is 0.354 e. The molecule has 0 spiro atoms. The van der Waals surface area contributed by atoms with Crippen LogP contribution in [0.25, 0.3) is 0 Å². The summed E-state index contributed by atoms with van der Waals surface area (Å²) in [4.78, 5) is 44.9. The molecule has 1 aromatic rings. The average Bonchev–Trinajstić information content (AvgIpc) is 3.17. The summed E-state index contributed by atoms with van der Waals surface area (Å²) >= 11 is 0. The van der Waals surface area contributed by atoms with E-state index in [-0.39, 0.29) is 17.4 Å². The lowest BCUT2D eigenvalue weighted by atomic mass is 10.2. The van der Waals surface area contributed by atoms with Gasteiger partial charge in [0.1, 0.15) is 0 Å². The average molecular weight is 359 g/mol. The van der Waals surface area contributed by atoms with E-state index >= 15 is 0 Å². The first kappa shape index (κ1) is 18.2. The second-order valence-electron chi connectivity index (χ2n) is 6.67. The van der Waals surface area contributed by atoms with Gasteiger partial charge in [-0.25, -0.2) is 4.98 Å². The highest BCUT2D eigenvalue weighted by molar-refractivity contribution is 5.94. The number of aryl methyl sites for hydroxylation is 1. The number of hydrogen-bond acceptors (Lipinski definition) is 5. The molecule has 0 radical (unpaired) electrons. The van der Waals surface area contributed by atoms with E-state index in [4.69, 9.17) is 0 Å². The van der Waals surface area contributed by atoms with Crippen LogP contribution in [0.1, 0.15) is 25.7 Å². The maximum Gasteiger partial charge on any atom is 0.293 e. The van der Waals surface area contributed by atoms with Gasteiger partial charge in [0, 0.05) is 64.2 Å². The standard InChI is InChI=1S/C18H25N5O3/c1-21-10-7-20-16(18(21)26)22-11-8-19-15(24)6-9-23(13-12-22)17(25)14-4-2-3-5-14/h4,7,10H,2-3,5-6,8-9,11-13H2,1H3,(H,19,24). The zero-order valence-corrected chi connectivity index (χ0v) is 15.1. The smallest absolute Gasteiger partial charge is 0.293 e. The summed E-state index contributed by atoms with van der Waals surface area (Å²) in [6, 6.07) is 0. The summed E-state index contributed by atoms with van der Waals surface area (Å²) in [5, 5.41) is 2.85. The number of rotatable bonds is 2. The van der Waals surface area contributed by atoms with Crippen LogP contribution in [0.15, 0.2) is 28.8 Å². The van der Waals surface area contributed by atoms with Crippen molar-refractivity contribution in [2.75, 3.05) is 37.6 Å². The van der Waals surface area contributed by atoms with Gasteiger partial charge in [-0.15, -0.1) is 0 Å². The fourth-order valence-electron chi connectivity index (χ4n) is 3.30. The summed E-state index contributed by atoms with van der Waals surface area (Å²) in [6.45, 7) is 2.26. The Bertz CT molecular complexity index is 770. The molecule has 0 atom stereocenters. The molecule has 2 aliphatic rings. The van der Waals surface area contributed by atoms with Crippen LogP contribution in [0.5, 0.6) is 0 Å². The molecule has 2 amide bonds. The predicted molar refractivity (Wildman–Crippen MR) is 97.8 cm³/mol. The van der Waals surface area contributed by atoms with Crippen LogP contribution in [0.2, 0.25) is 0 Å². The van der Waals surface area contributed by atoms with Crippen LogP contribution in [0.3, 0.4) is 0 Å². The highest BCUT2D eigenvalue weighted by atomic mass is 16.2. The van der Waals surface area contributed by atoms with Crippen molar-refractivity contribution in [2.24, 2.45) is 7.05 Å². The van der Waals surface area contributed by atoms with E-state index in [0.29, 0.717) is 45.0 Å². The van der Waals surface area contributed by atoms with Crippen molar-refractivity contribution >= 4 is 17.6 Å².